The first-order valence-electron chi connectivity index (χ1n) is 9.24. The molecule has 1 unspecified atom stereocenters. The van der Waals surface area contributed by atoms with Crippen LogP contribution < -0.4 is 14.2 Å². The van der Waals surface area contributed by atoms with Gasteiger partial charge in [0.2, 0.25) is 0 Å². The molecule has 0 N–H and O–H groups in total. The zero-order chi connectivity index (χ0) is 16.6. The molecule has 130 valence electrons. The van der Waals surface area contributed by atoms with E-state index in [2.05, 4.69) is 41.3 Å². The second-order valence-electron chi connectivity index (χ2n) is 7.18. The smallest absolute Gasteiger partial charge is 0.161 e. The Morgan fingerprint density at radius 2 is 1.56 bits per heavy atom. The Morgan fingerprint density at radius 1 is 0.840 bits per heavy atom. The van der Waals surface area contributed by atoms with E-state index in [1.807, 2.05) is 6.07 Å². The second-order valence-corrected chi connectivity index (χ2v) is 7.18. The first kappa shape index (κ1) is 15.1. The number of fused-ring (bicyclic) bond motifs is 4. The van der Waals surface area contributed by atoms with Crippen LogP contribution >= 0.6 is 0 Å². The van der Waals surface area contributed by atoms with Gasteiger partial charge in [0.25, 0.3) is 0 Å². The molecule has 1 atom stereocenters. The van der Waals surface area contributed by atoms with Crippen molar-refractivity contribution < 1.29 is 14.2 Å². The summed E-state index contributed by atoms with van der Waals surface area (Å²) >= 11 is 0. The maximum absolute atomic E-state index is 6.28. The zero-order valence-corrected chi connectivity index (χ0v) is 14.3. The minimum atomic E-state index is 0.350. The van der Waals surface area contributed by atoms with Crippen LogP contribution in [0.1, 0.15) is 12.8 Å². The highest BCUT2D eigenvalue weighted by molar-refractivity contribution is 5.68. The molecule has 4 heterocycles. The predicted molar refractivity (Wildman–Crippen MR) is 96.4 cm³/mol. The molecule has 0 radical (unpaired) electrons. The maximum Gasteiger partial charge on any atom is 0.161 e. The quantitative estimate of drug-likeness (QED) is 0.856. The van der Waals surface area contributed by atoms with Crippen molar-refractivity contribution in [2.24, 2.45) is 5.92 Å². The van der Waals surface area contributed by atoms with Crippen molar-refractivity contribution in [3.63, 3.8) is 0 Å². The highest BCUT2D eigenvalue weighted by Crippen LogP contribution is 2.35. The van der Waals surface area contributed by atoms with Gasteiger partial charge >= 0.3 is 0 Å². The Bertz CT molecular complexity index is 750. The van der Waals surface area contributed by atoms with Gasteiger partial charge in [0.1, 0.15) is 25.1 Å². The number of benzene rings is 2. The molecule has 4 nitrogen and oxygen atoms in total. The number of hydrogen-bond donors (Lipinski definition) is 0. The van der Waals surface area contributed by atoms with Crippen LogP contribution in [0.25, 0.3) is 11.1 Å². The van der Waals surface area contributed by atoms with Crippen LogP contribution in [-0.4, -0.2) is 43.9 Å². The Balaban J connectivity index is 1.32. The first-order chi connectivity index (χ1) is 12.3. The van der Waals surface area contributed by atoms with Gasteiger partial charge in [-0.05, 0) is 67.2 Å². The molecule has 6 rings (SSSR count). The van der Waals surface area contributed by atoms with Crippen molar-refractivity contribution in [1.82, 2.24) is 4.90 Å². The fourth-order valence-corrected chi connectivity index (χ4v) is 4.17. The Kier molecular flexibility index (Phi) is 3.78. The summed E-state index contributed by atoms with van der Waals surface area (Å²) in [6, 6.07) is 14.5. The summed E-state index contributed by atoms with van der Waals surface area (Å²) in [5.74, 6) is 3.36. The largest absolute Gasteiger partial charge is 0.489 e. The molecule has 0 aromatic heterocycles. The van der Waals surface area contributed by atoms with Gasteiger partial charge in [-0.25, -0.2) is 0 Å². The van der Waals surface area contributed by atoms with Crippen molar-refractivity contribution in [3.8, 4) is 28.4 Å². The molecule has 25 heavy (non-hydrogen) atoms. The Morgan fingerprint density at radius 3 is 2.28 bits per heavy atom. The third-order valence-electron chi connectivity index (χ3n) is 5.61. The molecule has 0 spiro atoms. The summed E-state index contributed by atoms with van der Waals surface area (Å²) < 4.78 is 17.6. The van der Waals surface area contributed by atoms with Gasteiger partial charge in [-0.1, -0.05) is 18.2 Å². The van der Waals surface area contributed by atoms with Crippen molar-refractivity contribution >= 4 is 0 Å². The third-order valence-corrected chi connectivity index (χ3v) is 5.61. The van der Waals surface area contributed by atoms with E-state index >= 15 is 0 Å². The number of ether oxygens (including phenoxy) is 3. The summed E-state index contributed by atoms with van der Waals surface area (Å²) in [4.78, 5) is 2.52. The molecule has 3 fully saturated rings. The SMILES string of the molecule is c1cc(-c2ccc3c(c2)OCCO3)ccc1OC1CN2CCC1CC2. The molecule has 2 bridgehead atoms. The number of piperidine rings is 3. The summed E-state index contributed by atoms with van der Waals surface area (Å²) in [5.41, 5.74) is 2.30. The molecule has 0 amide bonds. The molecular weight excluding hydrogens is 314 g/mol. The number of nitrogens with zero attached hydrogens (tertiary/aromatic N) is 1. The Labute approximate surface area is 148 Å². The van der Waals surface area contributed by atoms with Gasteiger partial charge in [-0.3, -0.25) is 4.90 Å². The standard InChI is InChI=1S/C21H23NO3/c1-4-18(25-21-14-22-9-7-16(21)8-10-22)5-2-15(1)17-3-6-19-20(13-17)24-12-11-23-19/h1-6,13,16,21H,7-12,14H2. The van der Waals surface area contributed by atoms with Crippen LogP contribution in [0.4, 0.5) is 0 Å². The minimum absolute atomic E-state index is 0.350. The summed E-state index contributed by atoms with van der Waals surface area (Å²) in [7, 11) is 0. The van der Waals surface area contributed by atoms with E-state index in [9.17, 15) is 0 Å². The maximum atomic E-state index is 6.28. The van der Waals surface area contributed by atoms with E-state index < -0.39 is 0 Å². The predicted octanol–water partition coefficient (Wildman–Crippen LogP) is 3.60. The van der Waals surface area contributed by atoms with E-state index in [-0.39, 0.29) is 0 Å². The van der Waals surface area contributed by atoms with Crippen LogP contribution in [0.15, 0.2) is 42.5 Å². The normalized spacial score (nSPS) is 27.1. The van der Waals surface area contributed by atoms with Gasteiger partial charge in [0, 0.05) is 6.54 Å². The molecule has 3 saturated heterocycles. The van der Waals surface area contributed by atoms with Crippen LogP contribution in [0.3, 0.4) is 0 Å². The molecule has 2 aromatic rings. The van der Waals surface area contributed by atoms with Crippen LogP contribution in [0.2, 0.25) is 0 Å². The van der Waals surface area contributed by atoms with E-state index in [1.165, 1.54) is 31.5 Å². The van der Waals surface area contributed by atoms with Gasteiger partial charge in [-0.2, -0.15) is 0 Å². The molecule has 2 aromatic carbocycles. The topological polar surface area (TPSA) is 30.9 Å². The van der Waals surface area contributed by atoms with Gasteiger partial charge in [0.05, 0.1) is 0 Å². The lowest BCUT2D eigenvalue weighted by Gasteiger charge is -2.44. The van der Waals surface area contributed by atoms with E-state index in [0.29, 0.717) is 19.3 Å². The monoisotopic (exact) mass is 337 g/mol. The molecule has 0 saturated carbocycles. The van der Waals surface area contributed by atoms with Crippen molar-refractivity contribution in [2.45, 2.75) is 18.9 Å². The second kappa shape index (κ2) is 6.26. The lowest BCUT2D eigenvalue weighted by atomic mass is 9.86. The van der Waals surface area contributed by atoms with Gasteiger partial charge in [-0.15, -0.1) is 0 Å². The third kappa shape index (κ3) is 2.95. The van der Waals surface area contributed by atoms with Crippen LogP contribution in [0, 0.1) is 5.92 Å². The molecule has 4 aliphatic heterocycles. The van der Waals surface area contributed by atoms with Gasteiger partial charge in [0.15, 0.2) is 11.5 Å². The number of hydrogen-bond acceptors (Lipinski definition) is 4. The van der Waals surface area contributed by atoms with Crippen molar-refractivity contribution in [3.05, 3.63) is 42.5 Å². The van der Waals surface area contributed by atoms with Crippen molar-refractivity contribution in [1.29, 1.82) is 0 Å². The van der Waals surface area contributed by atoms with Crippen LogP contribution in [0.5, 0.6) is 17.2 Å². The first-order valence-corrected chi connectivity index (χ1v) is 9.24. The fourth-order valence-electron chi connectivity index (χ4n) is 4.17. The van der Waals surface area contributed by atoms with Crippen LogP contribution in [-0.2, 0) is 0 Å². The van der Waals surface area contributed by atoms with E-state index in [1.54, 1.807) is 0 Å². The van der Waals surface area contributed by atoms with Crippen molar-refractivity contribution in [2.75, 3.05) is 32.8 Å². The molecule has 4 aliphatic rings. The lowest BCUT2D eigenvalue weighted by molar-refractivity contribution is -0.00775. The lowest BCUT2D eigenvalue weighted by Crippen LogP contribution is -2.52. The summed E-state index contributed by atoms with van der Waals surface area (Å²) in [5, 5.41) is 0. The van der Waals surface area contributed by atoms with E-state index in [0.717, 1.165) is 35.3 Å². The fraction of sp³-hybridized carbons (Fsp3) is 0.429. The molecular formula is C21H23NO3. The molecule has 4 heteroatoms. The van der Waals surface area contributed by atoms with Gasteiger partial charge < -0.3 is 14.2 Å². The highest BCUT2D eigenvalue weighted by atomic mass is 16.6. The highest BCUT2D eigenvalue weighted by Gasteiger charge is 2.35. The molecule has 0 aliphatic carbocycles. The summed E-state index contributed by atoms with van der Waals surface area (Å²) in [6.45, 7) is 4.80. The summed E-state index contributed by atoms with van der Waals surface area (Å²) in [6.07, 6.45) is 2.91. The average molecular weight is 337 g/mol. The minimum Gasteiger partial charge on any atom is -0.489 e. The van der Waals surface area contributed by atoms with E-state index in [4.69, 9.17) is 14.2 Å². The zero-order valence-electron chi connectivity index (χ0n) is 14.3. The Hall–Kier alpha value is -2.20. The number of rotatable bonds is 3. The average Bonchev–Trinajstić information content (AvgIpc) is 2.69.